The predicted molar refractivity (Wildman–Crippen MR) is 114 cm³/mol. The van der Waals surface area contributed by atoms with E-state index in [0.717, 1.165) is 43.4 Å². The van der Waals surface area contributed by atoms with E-state index >= 15 is 0 Å². The minimum Gasteiger partial charge on any atom is -0.271 e. The lowest BCUT2D eigenvalue weighted by Gasteiger charge is -2.25. The van der Waals surface area contributed by atoms with E-state index in [4.69, 9.17) is 11.6 Å². The molecule has 0 unspecified atom stereocenters. The Balaban J connectivity index is 1.73. The van der Waals surface area contributed by atoms with E-state index in [-0.39, 0.29) is 23.7 Å². The van der Waals surface area contributed by atoms with Crippen molar-refractivity contribution in [3.63, 3.8) is 0 Å². The molecule has 150 valence electrons. The van der Waals surface area contributed by atoms with Crippen molar-refractivity contribution >= 4 is 40.8 Å². The van der Waals surface area contributed by atoms with Crippen molar-refractivity contribution in [3.8, 4) is 0 Å². The predicted octanol–water partition coefficient (Wildman–Crippen LogP) is 6.07. The third-order valence-corrected chi connectivity index (χ3v) is 6.77. The van der Waals surface area contributed by atoms with Crippen LogP contribution in [0.3, 0.4) is 0 Å². The molecular formula is C23H21ClFNO2S. The number of hydrogen-bond donors (Lipinski definition) is 0. The molecule has 0 N–H and O–H groups in total. The Hall–Kier alpha value is -2.11. The van der Waals surface area contributed by atoms with Gasteiger partial charge in [-0.25, -0.2) is 4.39 Å². The maximum atomic E-state index is 13.4. The molecule has 3 nitrogen and oxygen atoms in total. The van der Waals surface area contributed by atoms with E-state index in [1.54, 1.807) is 24.3 Å². The number of thioether (sulfide) groups is 1. The van der Waals surface area contributed by atoms with Crippen LogP contribution in [0, 0.1) is 5.82 Å². The number of rotatable bonds is 4. The van der Waals surface area contributed by atoms with Crippen LogP contribution in [0.2, 0.25) is 5.02 Å². The first-order chi connectivity index (χ1) is 14.0. The molecule has 6 heteroatoms. The summed E-state index contributed by atoms with van der Waals surface area (Å²) in [5.41, 5.74) is 0.927. The van der Waals surface area contributed by atoms with Crippen LogP contribution < -0.4 is 0 Å². The molecule has 0 saturated heterocycles. The van der Waals surface area contributed by atoms with Crippen LogP contribution >= 0.6 is 23.4 Å². The normalized spacial score (nSPS) is 18.5. The first-order valence-electron chi connectivity index (χ1n) is 9.86. The van der Waals surface area contributed by atoms with Crippen molar-refractivity contribution in [1.29, 1.82) is 0 Å². The molecule has 0 radical (unpaired) electrons. The zero-order valence-electron chi connectivity index (χ0n) is 15.9. The number of carbonyl (C=O) groups excluding carboxylic acids is 2. The van der Waals surface area contributed by atoms with Gasteiger partial charge in [-0.05, 0) is 54.8 Å². The second-order valence-corrected chi connectivity index (χ2v) is 8.91. The van der Waals surface area contributed by atoms with Crippen LogP contribution in [0.15, 0.2) is 58.3 Å². The molecule has 29 heavy (non-hydrogen) atoms. The largest absolute Gasteiger partial charge is 0.271 e. The number of imide groups is 1. The Morgan fingerprint density at radius 3 is 2.10 bits per heavy atom. The van der Waals surface area contributed by atoms with E-state index in [1.165, 1.54) is 28.8 Å². The van der Waals surface area contributed by atoms with Gasteiger partial charge in [0, 0.05) is 16.0 Å². The summed E-state index contributed by atoms with van der Waals surface area (Å²) in [6.07, 6.45) is 6.00. The number of carbonyl (C=O) groups is 2. The Morgan fingerprint density at radius 2 is 1.48 bits per heavy atom. The number of amides is 2. The fraction of sp³-hybridized carbons (Fsp3) is 0.304. The van der Waals surface area contributed by atoms with Gasteiger partial charge in [0.15, 0.2) is 0 Å². The van der Waals surface area contributed by atoms with Crippen LogP contribution in [0.4, 0.5) is 4.39 Å². The molecule has 0 spiro atoms. The molecule has 1 fully saturated rings. The number of hydrogen-bond acceptors (Lipinski definition) is 3. The molecule has 4 rings (SSSR count). The van der Waals surface area contributed by atoms with Gasteiger partial charge in [0.05, 0.1) is 10.5 Å². The summed E-state index contributed by atoms with van der Waals surface area (Å²) in [5.74, 6) is -0.898. The van der Waals surface area contributed by atoms with Gasteiger partial charge in [0.1, 0.15) is 5.82 Å². The van der Waals surface area contributed by atoms with Gasteiger partial charge in [-0.1, -0.05) is 61.2 Å². The van der Waals surface area contributed by atoms with Gasteiger partial charge < -0.3 is 0 Å². The second-order valence-electron chi connectivity index (χ2n) is 7.39. The summed E-state index contributed by atoms with van der Waals surface area (Å²) < 4.78 is 13.4. The third-order valence-electron chi connectivity index (χ3n) is 5.43. The molecule has 1 saturated carbocycles. The molecule has 2 aromatic rings. The van der Waals surface area contributed by atoms with Crippen molar-refractivity contribution in [2.45, 2.75) is 49.5 Å². The maximum Gasteiger partial charge on any atom is 0.268 e. The van der Waals surface area contributed by atoms with Crippen LogP contribution in [-0.4, -0.2) is 22.8 Å². The Labute approximate surface area is 178 Å². The van der Waals surface area contributed by atoms with Crippen LogP contribution in [0.5, 0.6) is 0 Å². The topological polar surface area (TPSA) is 37.4 Å². The van der Waals surface area contributed by atoms with Gasteiger partial charge in [-0.2, -0.15) is 0 Å². The molecule has 0 atom stereocenters. The molecule has 0 aromatic heterocycles. The lowest BCUT2D eigenvalue weighted by Crippen LogP contribution is -2.40. The second kappa shape index (κ2) is 8.72. The third kappa shape index (κ3) is 4.26. The molecule has 0 bridgehead atoms. The maximum absolute atomic E-state index is 13.4. The molecule has 2 amide bonds. The highest BCUT2D eigenvalue weighted by Crippen LogP contribution is 2.42. The van der Waals surface area contributed by atoms with Crippen molar-refractivity contribution in [1.82, 2.24) is 4.90 Å². The van der Waals surface area contributed by atoms with E-state index in [0.29, 0.717) is 21.1 Å². The lowest BCUT2D eigenvalue weighted by molar-refractivity contribution is -0.139. The average Bonchev–Trinajstić information content (AvgIpc) is 2.88. The van der Waals surface area contributed by atoms with Crippen molar-refractivity contribution in [3.05, 3.63) is 69.8 Å². The molecule has 2 aliphatic rings. The Morgan fingerprint density at radius 1 is 0.862 bits per heavy atom. The van der Waals surface area contributed by atoms with E-state index in [9.17, 15) is 14.0 Å². The van der Waals surface area contributed by atoms with Crippen molar-refractivity contribution in [2.24, 2.45) is 0 Å². The molecule has 1 aliphatic heterocycles. The molecular weight excluding hydrogens is 409 g/mol. The van der Waals surface area contributed by atoms with E-state index in [1.807, 2.05) is 12.1 Å². The van der Waals surface area contributed by atoms with Gasteiger partial charge in [-0.3, -0.25) is 14.5 Å². The van der Waals surface area contributed by atoms with Gasteiger partial charge in [0.2, 0.25) is 0 Å². The van der Waals surface area contributed by atoms with Gasteiger partial charge >= 0.3 is 0 Å². The Kier molecular flexibility index (Phi) is 6.07. The smallest absolute Gasteiger partial charge is 0.268 e. The monoisotopic (exact) mass is 429 g/mol. The summed E-state index contributed by atoms with van der Waals surface area (Å²) in [4.78, 5) is 29.4. The molecule has 2 aromatic carbocycles. The van der Waals surface area contributed by atoms with Crippen molar-refractivity contribution in [2.75, 3.05) is 0 Å². The highest BCUT2D eigenvalue weighted by atomic mass is 35.5. The minimum absolute atomic E-state index is 0.0729. The lowest BCUT2D eigenvalue weighted by atomic mass is 10.0. The average molecular weight is 430 g/mol. The zero-order valence-corrected chi connectivity index (χ0v) is 17.4. The minimum atomic E-state index is -0.376. The first-order valence-corrected chi connectivity index (χ1v) is 11.1. The summed E-state index contributed by atoms with van der Waals surface area (Å²) in [6.45, 7) is 0. The first kappa shape index (κ1) is 20.2. The summed E-state index contributed by atoms with van der Waals surface area (Å²) >= 11 is 7.24. The highest BCUT2D eigenvalue weighted by molar-refractivity contribution is 8.04. The van der Waals surface area contributed by atoms with E-state index in [2.05, 4.69) is 0 Å². The Bertz CT molecular complexity index is 948. The molecule has 1 heterocycles. The standard InChI is InChI=1S/C23H21ClFNO2S/c24-16-9-13-19(14-10-16)29-21-20(15-7-11-17(25)12-8-15)22(27)26(23(21)28)18-5-3-1-2-4-6-18/h7-14,18H,1-6H2. The summed E-state index contributed by atoms with van der Waals surface area (Å²) in [7, 11) is 0. The van der Waals surface area contributed by atoms with Crippen LogP contribution in [-0.2, 0) is 9.59 Å². The fourth-order valence-corrected chi connectivity index (χ4v) is 5.09. The summed E-state index contributed by atoms with van der Waals surface area (Å²) in [6, 6.07) is 12.9. The summed E-state index contributed by atoms with van der Waals surface area (Å²) in [5, 5.41) is 0.607. The van der Waals surface area contributed by atoms with E-state index < -0.39 is 0 Å². The van der Waals surface area contributed by atoms with Crippen LogP contribution in [0.25, 0.3) is 5.57 Å². The van der Waals surface area contributed by atoms with Crippen LogP contribution in [0.1, 0.15) is 44.1 Å². The fourth-order valence-electron chi connectivity index (χ4n) is 3.96. The highest BCUT2D eigenvalue weighted by Gasteiger charge is 2.42. The SMILES string of the molecule is O=C1C(Sc2ccc(Cl)cc2)=C(c2ccc(F)cc2)C(=O)N1C1CCCCCC1. The number of benzene rings is 2. The number of halogens is 2. The number of nitrogens with zero attached hydrogens (tertiary/aromatic N) is 1. The zero-order chi connectivity index (χ0) is 20.4. The molecule has 1 aliphatic carbocycles. The van der Waals surface area contributed by atoms with Gasteiger partial charge in [-0.15, -0.1) is 0 Å². The quantitative estimate of drug-likeness (QED) is 0.437. The van der Waals surface area contributed by atoms with Crippen molar-refractivity contribution < 1.29 is 14.0 Å². The van der Waals surface area contributed by atoms with Gasteiger partial charge in [0.25, 0.3) is 11.8 Å².